The number of benzene rings is 1. The zero-order chi connectivity index (χ0) is 14.6. The average Bonchev–Trinajstić information content (AvgIpc) is 2.27. The fraction of sp³-hybridized carbons (Fsp3) is 0.600. The van der Waals surface area contributed by atoms with Gasteiger partial charge >= 0.3 is 0 Å². The third-order valence-corrected chi connectivity index (χ3v) is 3.06. The third-order valence-electron chi connectivity index (χ3n) is 2.76. The number of hydrogen-bond donors (Lipinski definition) is 1. The lowest BCUT2D eigenvalue weighted by Gasteiger charge is -2.28. The first-order valence-corrected chi connectivity index (χ1v) is 6.93. The molecule has 1 unspecified atom stereocenters. The minimum atomic E-state index is -0.453. The predicted octanol–water partition coefficient (Wildman–Crippen LogP) is 4.27. The van der Waals surface area contributed by atoms with Crippen molar-refractivity contribution < 1.29 is 9.13 Å². The molecule has 0 amide bonds. The van der Waals surface area contributed by atoms with E-state index >= 15 is 0 Å². The van der Waals surface area contributed by atoms with Crippen LogP contribution in [-0.2, 0) is 0 Å². The van der Waals surface area contributed by atoms with E-state index in [2.05, 4.69) is 39.9 Å². The van der Waals surface area contributed by atoms with Crippen LogP contribution in [0.2, 0.25) is 5.02 Å². The molecule has 0 aliphatic carbocycles. The Kier molecular flexibility index (Phi) is 5.63. The number of nitrogens with one attached hydrogen (secondary N) is 1. The molecular weight excluding hydrogens is 265 g/mol. The molecule has 19 heavy (non-hydrogen) atoms. The molecule has 0 fully saturated rings. The van der Waals surface area contributed by atoms with E-state index in [-0.39, 0.29) is 16.7 Å². The number of halogens is 2. The lowest BCUT2D eigenvalue weighted by molar-refractivity contribution is 0.139. The first kappa shape index (κ1) is 16.3. The smallest absolute Gasteiger partial charge is 0.145 e. The van der Waals surface area contributed by atoms with Crippen LogP contribution in [0, 0.1) is 11.7 Å². The van der Waals surface area contributed by atoms with Crippen molar-refractivity contribution in [3.05, 3.63) is 29.0 Å². The SMILES string of the molecule is CC(C)C(CNC(C)(C)C)Oc1ccc(Cl)c(F)c1. The van der Waals surface area contributed by atoms with E-state index in [1.54, 1.807) is 6.07 Å². The molecule has 0 aromatic heterocycles. The Hall–Kier alpha value is -0.800. The van der Waals surface area contributed by atoms with Crippen LogP contribution in [0.4, 0.5) is 4.39 Å². The Bertz CT molecular complexity index is 415. The average molecular weight is 288 g/mol. The van der Waals surface area contributed by atoms with Gasteiger partial charge in [0, 0.05) is 18.2 Å². The second-order valence-electron chi connectivity index (χ2n) is 6.11. The van der Waals surface area contributed by atoms with Crippen LogP contribution in [0.1, 0.15) is 34.6 Å². The Labute approximate surface area is 120 Å². The van der Waals surface area contributed by atoms with E-state index in [0.29, 0.717) is 18.2 Å². The minimum Gasteiger partial charge on any atom is -0.489 e. The molecule has 0 bridgehead atoms. The van der Waals surface area contributed by atoms with Gasteiger partial charge < -0.3 is 10.1 Å². The highest BCUT2D eigenvalue weighted by atomic mass is 35.5. The van der Waals surface area contributed by atoms with Gasteiger partial charge in [-0.1, -0.05) is 25.4 Å². The summed E-state index contributed by atoms with van der Waals surface area (Å²) in [5, 5.41) is 3.52. The van der Waals surface area contributed by atoms with E-state index in [1.807, 2.05) is 0 Å². The van der Waals surface area contributed by atoms with Crippen LogP contribution < -0.4 is 10.1 Å². The molecule has 0 radical (unpaired) electrons. The maximum Gasteiger partial charge on any atom is 0.145 e. The van der Waals surface area contributed by atoms with Gasteiger partial charge in [0.05, 0.1) is 5.02 Å². The van der Waals surface area contributed by atoms with Gasteiger partial charge in [0.25, 0.3) is 0 Å². The summed E-state index contributed by atoms with van der Waals surface area (Å²) < 4.78 is 19.2. The van der Waals surface area contributed by atoms with Gasteiger partial charge in [0.2, 0.25) is 0 Å². The molecule has 0 spiro atoms. The molecule has 1 N–H and O–H groups in total. The standard InChI is InChI=1S/C15H23ClFNO/c1-10(2)14(9-18-15(3,4)5)19-11-6-7-12(16)13(17)8-11/h6-8,10,14,18H,9H2,1-5H3. The molecular formula is C15H23ClFNO. The van der Waals surface area contributed by atoms with Gasteiger partial charge in [-0.3, -0.25) is 0 Å². The second-order valence-corrected chi connectivity index (χ2v) is 6.51. The maximum atomic E-state index is 13.4. The van der Waals surface area contributed by atoms with E-state index in [4.69, 9.17) is 16.3 Å². The molecule has 0 heterocycles. The fourth-order valence-corrected chi connectivity index (χ4v) is 1.66. The van der Waals surface area contributed by atoms with Gasteiger partial charge in [0.1, 0.15) is 17.7 Å². The summed E-state index contributed by atoms with van der Waals surface area (Å²) in [4.78, 5) is 0. The van der Waals surface area contributed by atoms with Crippen molar-refractivity contribution in [1.82, 2.24) is 5.32 Å². The fourth-order valence-electron chi connectivity index (χ4n) is 1.55. The second kappa shape index (κ2) is 6.58. The molecule has 1 rings (SSSR count). The van der Waals surface area contributed by atoms with Crippen molar-refractivity contribution in [2.45, 2.75) is 46.3 Å². The third kappa shape index (κ3) is 5.79. The molecule has 0 aliphatic rings. The lowest BCUT2D eigenvalue weighted by atomic mass is 10.0. The van der Waals surface area contributed by atoms with Crippen LogP contribution >= 0.6 is 11.6 Å². The van der Waals surface area contributed by atoms with Crippen LogP contribution in [0.25, 0.3) is 0 Å². The van der Waals surface area contributed by atoms with Crippen LogP contribution in [-0.4, -0.2) is 18.2 Å². The Morgan fingerprint density at radius 3 is 2.42 bits per heavy atom. The van der Waals surface area contributed by atoms with Crippen molar-refractivity contribution in [3.8, 4) is 5.75 Å². The largest absolute Gasteiger partial charge is 0.489 e. The monoisotopic (exact) mass is 287 g/mol. The molecule has 1 atom stereocenters. The van der Waals surface area contributed by atoms with Crippen molar-refractivity contribution in [2.24, 2.45) is 5.92 Å². The van der Waals surface area contributed by atoms with E-state index in [9.17, 15) is 4.39 Å². The Morgan fingerprint density at radius 1 is 1.32 bits per heavy atom. The highest BCUT2D eigenvalue weighted by Gasteiger charge is 2.19. The summed E-state index contributed by atoms with van der Waals surface area (Å²) >= 11 is 5.66. The van der Waals surface area contributed by atoms with Gasteiger partial charge in [0.15, 0.2) is 0 Å². The van der Waals surface area contributed by atoms with Crippen molar-refractivity contribution in [2.75, 3.05) is 6.54 Å². The molecule has 0 saturated heterocycles. The number of rotatable bonds is 5. The number of ether oxygens (including phenoxy) is 1. The molecule has 1 aromatic rings. The van der Waals surface area contributed by atoms with Crippen molar-refractivity contribution in [3.63, 3.8) is 0 Å². The van der Waals surface area contributed by atoms with E-state index in [1.165, 1.54) is 12.1 Å². The molecule has 0 aliphatic heterocycles. The van der Waals surface area contributed by atoms with Gasteiger partial charge in [-0.2, -0.15) is 0 Å². The topological polar surface area (TPSA) is 21.3 Å². The first-order chi connectivity index (χ1) is 8.69. The lowest BCUT2D eigenvalue weighted by Crippen LogP contribution is -2.44. The van der Waals surface area contributed by atoms with Crippen LogP contribution in [0.3, 0.4) is 0 Å². The Morgan fingerprint density at radius 2 is 1.95 bits per heavy atom. The van der Waals surface area contributed by atoms with E-state index < -0.39 is 5.82 Å². The number of hydrogen-bond acceptors (Lipinski definition) is 2. The Balaban J connectivity index is 2.70. The summed E-state index contributed by atoms with van der Waals surface area (Å²) in [7, 11) is 0. The molecule has 2 nitrogen and oxygen atoms in total. The minimum absolute atomic E-state index is 0.0141. The summed E-state index contributed by atoms with van der Waals surface area (Å²) in [6.45, 7) is 11.2. The van der Waals surface area contributed by atoms with Gasteiger partial charge in [-0.05, 0) is 38.8 Å². The van der Waals surface area contributed by atoms with Crippen LogP contribution in [0.5, 0.6) is 5.75 Å². The van der Waals surface area contributed by atoms with Gasteiger partial charge in [-0.15, -0.1) is 0 Å². The predicted molar refractivity (Wildman–Crippen MR) is 78.4 cm³/mol. The normalized spacial score (nSPS) is 13.7. The zero-order valence-electron chi connectivity index (χ0n) is 12.3. The zero-order valence-corrected chi connectivity index (χ0v) is 13.0. The van der Waals surface area contributed by atoms with Crippen LogP contribution in [0.15, 0.2) is 18.2 Å². The quantitative estimate of drug-likeness (QED) is 0.873. The van der Waals surface area contributed by atoms with Gasteiger partial charge in [-0.25, -0.2) is 4.39 Å². The molecule has 1 aromatic carbocycles. The molecule has 108 valence electrons. The first-order valence-electron chi connectivity index (χ1n) is 6.56. The summed E-state index contributed by atoms with van der Waals surface area (Å²) in [5.41, 5.74) is 0.0295. The summed E-state index contributed by atoms with van der Waals surface area (Å²) in [6, 6.07) is 4.54. The molecule has 4 heteroatoms. The summed E-state index contributed by atoms with van der Waals surface area (Å²) in [5.74, 6) is 0.385. The van der Waals surface area contributed by atoms with Crippen molar-refractivity contribution >= 4 is 11.6 Å². The highest BCUT2D eigenvalue weighted by molar-refractivity contribution is 6.30. The van der Waals surface area contributed by atoms with E-state index in [0.717, 1.165) is 0 Å². The van der Waals surface area contributed by atoms with Crippen molar-refractivity contribution in [1.29, 1.82) is 0 Å². The molecule has 0 saturated carbocycles. The summed E-state index contributed by atoms with van der Waals surface area (Å²) in [6.07, 6.45) is -0.0141. The maximum absolute atomic E-state index is 13.4. The highest BCUT2D eigenvalue weighted by Crippen LogP contribution is 2.22.